The second-order valence-corrected chi connectivity index (χ2v) is 8.67. The molecule has 1 aliphatic rings. The highest BCUT2D eigenvalue weighted by molar-refractivity contribution is 6.47. The third kappa shape index (κ3) is 4.79. The normalized spacial score (nSPS) is 17.3. The molecule has 1 fully saturated rings. The zero-order valence-electron chi connectivity index (χ0n) is 18.4. The number of nitrogens with zero attached hydrogens (tertiary/aromatic N) is 2. The Morgan fingerprint density at radius 2 is 1.88 bits per heavy atom. The highest BCUT2D eigenvalue weighted by atomic mass is 35.5. The number of carbonyl (C=O) groups is 2. The Balaban J connectivity index is 1.81. The van der Waals surface area contributed by atoms with Crippen molar-refractivity contribution >= 4 is 40.7 Å². The van der Waals surface area contributed by atoms with Gasteiger partial charge in [0.15, 0.2) is 0 Å². The highest BCUT2D eigenvalue weighted by Crippen LogP contribution is 2.43. The first-order valence-electron chi connectivity index (χ1n) is 10.8. The largest absolute Gasteiger partial charge is 0.507 e. The van der Waals surface area contributed by atoms with Crippen LogP contribution in [0.4, 0.5) is 0 Å². The lowest BCUT2D eigenvalue weighted by Crippen LogP contribution is -2.29. The number of hydrogen-bond donors (Lipinski definition) is 1. The van der Waals surface area contributed by atoms with Crippen LogP contribution in [0, 0.1) is 0 Å². The van der Waals surface area contributed by atoms with Gasteiger partial charge in [0.25, 0.3) is 11.7 Å². The van der Waals surface area contributed by atoms with E-state index in [1.54, 1.807) is 60.9 Å². The molecular formula is C26H22Cl2N2O4. The van der Waals surface area contributed by atoms with Crippen molar-refractivity contribution in [3.63, 3.8) is 0 Å². The van der Waals surface area contributed by atoms with E-state index in [9.17, 15) is 14.7 Å². The summed E-state index contributed by atoms with van der Waals surface area (Å²) < 4.78 is 5.59. The summed E-state index contributed by atoms with van der Waals surface area (Å²) in [6.07, 6.45) is 4.11. The van der Waals surface area contributed by atoms with Gasteiger partial charge in [0, 0.05) is 34.5 Å². The molecule has 0 radical (unpaired) electrons. The number of ether oxygens (including phenoxy) is 1. The molecule has 1 aromatic heterocycles. The van der Waals surface area contributed by atoms with Gasteiger partial charge < -0.3 is 14.7 Å². The van der Waals surface area contributed by atoms with Crippen LogP contribution in [0.15, 0.2) is 72.6 Å². The average molecular weight is 497 g/mol. The molecule has 2 heterocycles. The minimum absolute atomic E-state index is 0.0414. The molecule has 0 saturated carbocycles. The summed E-state index contributed by atoms with van der Waals surface area (Å²) in [6, 6.07) is 14.2. The van der Waals surface area contributed by atoms with E-state index in [1.165, 1.54) is 4.90 Å². The van der Waals surface area contributed by atoms with Crippen LogP contribution in [0.1, 0.15) is 36.1 Å². The molecule has 0 spiro atoms. The van der Waals surface area contributed by atoms with Gasteiger partial charge in [0.1, 0.15) is 11.5 Å². The first-order chi connectivity index (χ1) is 16.4. The Labute approximate surface area is 207 Å². The van der Waals surface area contributed by atoms with Crippen molar-refractivity contribution in [1.29, 1.82) is 0 Å². The number of pyridine rings is 1. The van der Waals surface area contributed by atoms with E-state index in [0.29, 0.717) is 28.5 Å². The van der Waals surface area contributed by atoms with Crippen molar-refractivity contribution in [2.45, 2.75) is 25.9 Å². The van der Waals surface area contributed by atoms with Gasteiger partial charge in [0.05, 0.1) is 18.2 Å². The SMILES string of the molecule is CCCOc1ccc(/C(O)=C2\C(=O)C(=O)N(Cc3cccnc3)C2c2ccc(Cl)cc2Cl)cc1. The topological polar surface area (TPSA) is 79.7 Å². The number of aromatic nitrogens is 1. The smallest absolute Gasteiger partial charge is 0.295 e. The number of aliphatic hydroxyl groups excluding tert-OH is 1. The van der Waals surface area contributed by atoms with E-state index >= 15 is 0 Å². The Hall–Kier alpha value is -3.35. The van der Waals surface area contributed by atoms with Crippen molar-refractivity contribution in [3.8, 4) is 5.75 Å². The molecule has 0 bridgehead atoms. The van der Waals surface area contributed by atoms with Gasteiger partial charge in [-0.3, -0.25) is 14.6 Å². The molecule has 1 saturated heterocycles. The van der Waals surface area contributed by atoms with E-state index in [1.807, 2.05) is 13.0 Å². The van der Waals surface area contributed by atoms with Gasteiger partial charge in [-0.25, -0.2) is 0 Å². The summed E-state index contributed by atoms with van der Waals surface area (Å²) in [7, 11) is 0. The van der Waals surface area contributed by atoms with Crippen molar-refractivity contribution in [2.24, 2.45) is 0 Å². The molecule has 4 rings (SSSR count). The second-order valence-electron chi connectivity index (χ2n) is 7.83. The summed E-state index contributed by atoms with van der Waals surface area (Å²) >= 11 is 12.6. The van der Waals surface area contributed by atoms with Crippen molar-refractivity contribution < 1.29 is 19.4 Å². The highest BCUT2D eigenvalue weighted by Gasteiger charge is 2.46. The number of ketones is 1. The van der Waals surface area contributed by atoms with Crippen molar-refractivity contribution in [2.75, 3.05) is 6.61 Å². The van der Waals surface area contributed by atoms with Gasteiger partial charge >= 0.3 is 0 Å². The Morgan fingerprint density at radius 3 is 2.53 bits per heavy atom. The number of halogens is 2. The molecule has 1 aliphatic heterocycles. The summed E-state index contributed by atoms with van der Waals surface area (Å²) in [4.78, 5) is 31.8. The summed E-state index contributed by atoms with van der Waals surface area (Å²) in [5.41, 5.74) is 1.56. The number of amides is 1. The van der Waals surface area contributed by atoms with E-state index < -0.39 is 17.7 Å². The number of likely N-dealkylation sites (tertiary alicyclic amines) is 1. The van der Waals surface area contributed by atoms with Gasteiger partial charge in [-0.2, -0.15) is 0 Å². The van der Waals surface area contributed by atoms with Crippen molar-refractivity contribution in [1.82, 2.24) is 9.88 Å². The molecular weight excluding hydrogens is 475 g/mol. The molecule has 2 aromatic carbocycles. The number of carbonyl (C=O) groups excluding carboxylic acids is 2. The number of aliphatic hydroxyl groups is 1. The zero-order valence-corrected chi connectivity index (χ0v) is 19.9. The van der Waals surface area contributed by atoms with E-state index in [4.69, 9.17) is 27.9 Å². The number of Topliss-reactive ketones (excluding diaryl/α,β-unsaturated/α-hetero) is 1. The molecule has 8 heteroatoms. The van der Waals surface area contributed by atoms with Crippen LogP contribution in [0.2, 0.25) is 10.0 Å². The van der Waals surface area contributed by atoms with Crippen LogP contribution in [0.25, 0.3) is 5.76 Å². The molecule has 1 atom stereocenters. The molecule has 3 aromatic rings. The van der Waals surface area contributed by atoms with Gasteiger partial charge in [-0.05, 0) is 60.0 Å². The Morgan fingerprint density at radius 1 is 1.12 bits per heavy atom. The molecule has 34 heavy (non-hydrogen) atoms. The average Bonchev–Trinajstić information content (AvgIpc) is 3.08. The number of rotatable bonds is 7. The monoisotopic (exact) mass is 496 g/mol. The number of hydrogen-bond acceptors (Lipinski definition) is 5. The van der Waals surface area contributed by atoms with Crippen LogP contribution in [-0.4, -0.2) is 33.3 Å². The molecule has 6 nitrogen and oxygen atoms in total. The van der Waals surface area contributed by atoms with Crippen molar-refractivity contribution in [3.05, 3.63) is 99.3 Å². The Bertz CT molecular complexity index is 1240. The first-order valence-corrected chi connectivity index (χ1v) is 11.5. The lowest BCUT2D eigenvalue weighted by Gasteiger charge is -2.26. The third-order valence-electron chi connectivity index (χ3n) is 5.47. The van der Waals surface area contributed by atoms with Gasteiger partial charge in [-0.1, -0.05) is 42.3 Å². The predicted octanol–water partition coefficient (Wildman–Crippen LogP) is 5.80. The zero-order chi connectivity index (χ0) is 24.2. The lowest BCUT2D eigenvalue weighted by molar-refractivity contribution is -0.140. The second kappa shape index (κ2) is 10.3. The minimum Gasteiger partial charge on any atom is -0.507 e. The van der Waals surface area contributed by atoms with Gasteiger partial charge in [0.2, 0.25) is 0 Å². The maximum Gasteiger partial charge on any atom is 0.295 e. The van der Waals surface area contributed by atoms with Crippen LogP contribution >= 0.6 is 23.2 Å². The van der Waals surface area contributed by atoms with Crippen LogP contribution in [0.3, 0.4) is 0 Å². The fraction of sp³-hybridized carbons (Fsp3) is 0.192. The van der Waals surface area contributed by atoms with Crippen LogP contribution in [0.5, 0.6) is 5.75 Å². The Kier molecular flexibility index (Phi) is 7.20. The van der Waals surface area contributed by atoms with E-state index in [-0.39, 0.29) is 22.9 Å². The maximum atomic E-state index is 13.2. The summed E-state index contributed by atoms with van der Waals surface area (Å²) in [6.45, 7) is 2.69. The van der Waals surface area contributed by atoms with Crippen LogP contribution < -0.4 is 4.74 Å². The van der Waals surface area contributed by atoms with E-state index in [0.717, 1.165) is 12.0 Å². The fourth-order valence-electron chi connectivity index (χ4n) is 3.86. The van der Waals surface area contributed by atoms with E-state index in [2.05, 4.69) is 4.98 Å². The molecule has 174 valence electrons. The summed E-state index contributed by atoms with van der Waals surface area (Å²) in [5, 5.41) is 11.9. The fourth-order valence-corrected chi connectivity index (χ4v) is 4.37. The lowest BCUT2D eigenvalue weighted by atomic mass is 9.95. The molecule has 0 aliphatic carbocycles. The molecule has 1 N–H and O–H groups in total. The van der Waals surface area contributed by atoms with Gasteiger partial charge in [-0.15, -0.1) is 0 Å². The molecule has 1 amide bonds. The minimum atomic E-state index is -0.902. The first kappa shape index (κ1) is 23.8. The predicted molar refractivity (Wildman–Crippen MR) is 131 cm³/mol. The standard InChI is InChI=1S/C26H22Cl2N2O4/c1-2-12-34-19-8-5-17(6-9-19)24(31)22-23(20-10-7-18(27)13-21(20)28)30(26(33)25(22)32)15-16-4-3-11-29-14-16/h3-11,13-14,23,31H,2,12,15H2,1H3/b24-22+. The quantitative estimate of drug-likeness (QED) is 0.254. The third-order valence-corrected chi connectivity index (χ3v) is 6.04. The number of benzene rings is 2. The summed E-state index contributed by atoms with van der Waals surface area (Å²) in [5.74, 6) is -1.16. The molecule has 1 unspecified atom stereocenters. The van der Waals surface area contributed by atoms with Crippen LogP contribution in [-0.2, 0) is 16.1 Å². The maximum absolute atomic E-state index is 13.2.